The summed E-state index contributed by atoms with van der Waals surface area (Å²) in [6.45, 7) is 1.83. The molecule has 5 rings (SSSR count). The molecule has 0 radical (unpaired) electrons. The highest BCUT2D eigenvalue weighted by Crippen LogP contribution is 2.31. The van der Waals surface area contributed by atoms with Crippen molar-refractivity contribution in [2.75, 3.05) is 0 Å². The maximum atomic E-state index is 13.3. The molecule has 146 valence electrons. The zero-order chi connectivity index (χ0) is 20.0. The van der Waals surface area contributed by atoms with Gasteiger partial charge in [0.2, 0.25) is 0 Å². The molecular weight excluding hydrogens is 366 g/mol. The van der Waals surface area contributed by atoms with Gasteiger partial charge >= 0.3 is 0 Å². The molecule has 0 saturated carbocycles. The average molecular weight is 387 g/mol. The minimum absolute atomic E-state index is 0.0523. The van der Waals surface area contributed by atoms with Gasteiger partial charge in [-0.2, -0.15) is 5.10 Å². The summed E-state index contributed by atoms with van der Waals surface area (Å²) in [5, 5.41) is 12.3. The number of benzene rings is 1. The Morgan fingerprint density at radius 1 is 1.28 bits per heavy atom. The first-order valence-corrected chi connectivity index (χ1v) is 9.76. The lowest BCUT2D eigenvalue weighted by atomic mass is 9.92. The molecule has 0 spiro atoms. The maximum absolute atomic E-state index is 13.3. The highest BCUT2D eigenvalue weighted by Gasteiger charge is 2.27. The first-order chi connectivity index (χ1) is 14.1. The molecule has 1 unspecified atom stereocenters. The van der Waals surface area contributed by atoms with Crippen LogP contribution in [0.25, 0.3) is 22.4 Å². The van der Waals surface area contributed by atoms with Gasteiger partial charge in [0.15, 0.2) is 0 Å². The normalized spacial score (nSPS) is 16.0. The van der Waals surface area contributed by atoms with Gasteiger partial charge in [-0.25, -0.2) is 4.98 Å². The Kier molecular flexibility index (Phi) is 4.16. The summed E-state index contributed by atoms with van der Waals surface area (Å²) in [6, 6.07) is 11.5. The van der Waals surface area contributed by atoms with Gasteiger partial charge in [0.25, 0.3) is 11.6 Å². The zero-order valence-corrected chi connectivity index (χ0v) is 16.3. The van der Waals surface area contributed by atoms with E-state index in [0.29, 0.717) is 28.1 Å². The first kappa shape index (κ1) is 17.6. The SMILES string of the molecule is Cc1noc2nc(-c3ccccc3)cc(C(=O)NC3CCCc4c3cnn4C)c12. The molecule has 29 heavy (non-hydrogen) atoms. The second-order valence-electron chi connectivity index (χ2n) is 7.46. The molecule has 7 nitrogen and oxygen atoms in total. The van der Waals surface area contributed by atoms with E-state index in [1.54, 1.807) is 0 Å². The lowest BCUT2D eigenvalue weighted by molar-refractivity contribution is 0.0934. The van der Waals surface area contributed by atoms with E-state index in [0.717, 1.165) is 30.4 Å². The molecule has 1 N–H and O–H groups in total. The number of pyridine rings is 1. The van der Waals surface area contributed by atoms with Gasteiger partial charge in [-0.3, -0.25) is 9.48 Å². The van der Waals surface area contributed by atoms with E-state index in [2.05, 4.69) is 20.6 Å². The summed E-state index contributed by atoms with van der Waals surface area (Å²) in [6.07, 6.45) is 4.76. The minimum atomic E-state index is -0.150. The van der Waals surface area contributed by atoms with Crippen molar-refractivity contribution in [2.45, 2.75) is 32.2 Å². The van der Waals surface area contributed by atoms with E-state index in [9.17, 15) is 4.79 Å². The number of fused-ring (bicyclic) bond motifs is 2. The summed E-state index contributed by atoms with van der Waals surface area (Å²) >= 11 is 0. The van der Waals surface area contributed by atoms with Crippen LogP contribution in [0.4, 0.5) is 0 Å². The van der Waals surface area contributed by atoms with Crippen LogP contribution in [0.5, 0.6) is 0 Å². The van der Waals surface area contributed by atoms with Gasteiger partial charge in [0.1, 0.15) is 0 Å². The first-order valence-electron chi connectivity index (χ1n) is 9.76. The minimum Gasteiger partial charge on any atom is -0.345 e. The molecule has 0 fully saturated rings. The average Bonchev–Trinajstić information content (AvgIpc) is 3.32. The standard InChI is InChI=1S/C22H21N5O2/c1-13-20-15(11-18(25-22(20)29-26-13)14-7-4-3-5-8-14)21(28)24-17-9-6-10-19-16(17)12-23-27(19)2/h3-5,7-8,11-12,17H,6,9-10H2,1-2H3,(H,24,28). The number of aromatic nitrogens is 4. The predicted molar refractivity (Wildman–Crippen MR) is 108 cm³/mol. The number of carbonyl (C=O) groups is 1. The lowest BCUT2D eigenvalue weighted by Gasteiger charge is -2.24. The summed E-state index contributed by atoms with van der Waals surface area (Å²) < 4.78 is 7.30. The molecule has 4 aromatic rings. The molecule has 1 aliphatic carbocycles. The molecule has 1 aromatic carbocycles. The Balaban J connectivity index is 1.56. The molecule has 0 bridgehead atoms. The highest BCUT2D eigenvalue weighted by atomic mass is 16.5. The fraction of sp³-hybridized carbons (Fsp3) is 0.273. The maximum Gasteiger partial charge on any atom is 0.259 e. The van der Waals surface area contributed by atoms with Crippen molar-refractivity contribution < 1.29 is 9.32 Å². The van der Waals surface area contributed by atoms with Crippen molar-refractivity contribution in [1.82, 2.24) is 25.2 Å². The summed E-state index contributed by atoms with van der Waals surface area (Å²) in [7, 11) is 1.95. The Morgan fingerprint density at radius 2 is 2.10 bits per heavy atom. The van der Waals surface area contributed by atoms with Crippen LogP contribution < -0.4 is 5.32 Å². The van der Waals surface area contributed by atoms with E-state index in [-0.39, 0.29) is 11.9 Å². The number of amides is 1. The Hall–Kier alpha value is -3.48. The molecule has 1 atom stereocenters. The quantitative estimate of drug-likeness (QED) is 0.579. The number of hydrogen-bond acceptors (Lipinski definition) is 5. The number of rotatable bonds is 3. The van der Waals surface area contributed by atoms with Crippen molar-refractivity contribution in [3.63, 3.8) is 0 Å². The Morgan fingerprint density at radius 3 is 2.93 bits per heavy atom. The van der Waals surface area contributed by atoms with Gasteiger partial charge in [0, 0.05) is 23.9 Å². The van der Waals surface area contributed by atoms with Crippen molar-refractivity contribution in [1.29, 1.82) is 0 Å². The zero-order valence-electron chi connectivity index (χ0n) is 16.3. The van der Waals surface area contributed by atoms with E-state index in [4.69, 9.17) is 4.52 Å². The van der Waals surface area contributed by atoms with E-state index in [1.165, 1.54) is 5.69 Å². The van der Waals surface area contributed by atoms with Crippen molar-refractivity contribution in [3.05, 3.63) is 65.1 Å². The molecule has 3 heterocycles. The number of carbonyl (C=O) groups excluding carboxylic acids is 1. The summed E-state index contributed by atoms with van der Waals surface area (Å²) in [5.41, 5.74) is 5.46. The van der Waals surface area contributed by atoms with Crippen LogP contribution in [0.3, 0.4) is 0 Å². The van der Waals surface area contributed by atoms with Gasteiger partial charge in [-0.1, -0.05) is 35.5 Å². The van der Waals surface area contributed by atoms with Crippen LogP contribution in [0, 0.1) is 6.92 Å². The topological polar surface area (TPSA) is 85.8 Å². The van der Waals surface area contributed by atoms with Gasteiger partial charge in [-0.15, -0.1) is 0 Å². The summed E-state index contributed by atoms with van der Waals surface area (Å²) in [4.78, 5) is 17.9. The number of nitrogens with one attached hydrogen (secondary N) is 1. The van der Waals surface area contributed by atoms with Gasteiger partial charge in [0.05, 0.1) is 34.6 Å². The van der Waals surface area contributed by atoms with Crippen LogP contribution in [0.15, 0.2) is 47.1 Å². The van der Waals surface area contributed by atoms with Crippen molar-refractivity contribution >= 4 is 17.0 Å². The van der Waals surface area contributed by atoms with Gasteiger partial charge in [-0.05, 0) is 32.3 Å². The molecule has 7 heteroatoms. The van der Waals surface area contributed by atoms with Crippen molar-refractivity contribution in [2.24, 2.45) is 7.05 Å². The van der Waals surface area contributed by atoms with E-state index < -0.39 is 0 Å². The fourth-order valence-electron chi connectivity index (χ4n) is 4.12. The summed E-state index contributed by atoms with van der Waals surface area (Å²) in [5.74, 6) is -0.150. The van der Waals surface area contributed by atoms with E-state index in [1.807, 2.05) is 61.2 Å². The number of nitrogens with zero attached hydrogens (tertiary/aromatic N) is 4. The molecule has 1 amide bonds. The lowest BCUT2D eigenvalue weighted by Crippen LogP contribution is -2.31. The second-order valence-corrected chi connectivity index (χ2v) is 7.46. The molecule has 1 aliphatic rings. The third-order valence-corrected chi connectivity index (χ3v) is 5.61. The van der Waals surface area contributed by atoms with Crippen LogP contribution in [0.2, 0.25) is 0 Å². The molecule has 0 aliphatic heterocycles. The third kappa shape index (κ3) is 2.99. The van der Waals surface area contributed by atoms with Crippen LogP contribution in [0.1, 0.15) is 46.2 Å². The number of aryl methyl sites for hydroxylation is 2. The fourth-order valence-corrected chi connectivity index (χ4v) is 4.12. The highest BCUT2D eigenvalue weighted by molar-refractivity contribution is 6.07. The second kappa shape index (κ2) is 6.84. The number of hydrogen-bond donors (Lipinski definition) is 1. The van der Waals surface area contributed by atoms with Crippen LogP contribution in [-0.4, -0.2) is 25.8 Å². The molecular formula is C22H21N5O2. The van der Waals surface area contributed by atoms with Crippen LogP contribution in [-0.2, 0) is 13.5 Å². The van der Waals surface area contributed by atoms with Crippen molar-refractivity contribution in [3.8, 4) is 11.3 Å². The third-order valence-electron chi connectivity index (χ3n) is 5.61. The monoisotopic (exact) mass is 387 g/mol. The smallest absolute Gasteiger partial charge is 0.259 e. The predicted octanol–water partition coefficient (Wildman–Crippen LogP) is 3.74. The Bertz CT molecular complexity index is 1210. The van der Waals surface area contributed by atoms with Crippen LogP contribution >= 0.6 is 0 Å². The largest absolute Gasteiger partial charge is 0.345 e. The van der Waals surface area contributed by atoms with Gasteiger partial charge < -0.3 is 9.84 Å². The van der Waals surface area contributed by atoms with E-state index >= 15 is 0 Å². The Labute approximate surface area is 167 Å². The molecule has 0 saturated heterocycles. The molecule has 3 aromatic heterocycles.